The first-order chi connectivity index (χ1) is 10.0. The molecule has 0 aliphatic carbocycles. The number of hydrogen-bond acceptors (Lipinski definition) is 4. The van der Waals surface area contributed by atoms with Gasteiger partial charge in [0.1, 0.15) is 5.82 Å². The second kappa shape index (κ2) is 6.39. The smallest absolute Gasteiger partial charge is 0.337 e. The number of para-hydroxylation sites is 1. The lowest BCUT2D eigenvalue weighted by Gasteiger charge is -2.08. The molecule has 0 bridgehead atoms. The fourth-order valence-electron chi connectivity index (χ4n) is 2.36. The van der Waals surface area contributed by atoms with E-state index in [0.29, 0.717) is 37.0 Å². The number of esters is 1. The van der Waals surface area contributed by atoms with Gasteiger partial charge in [0.05, 0.1) is 23.2 Å². The molecule has 21 heavy (non-hydrogen) atoms. The second-order valence-electron chi connectivity index (χ2n) is 4.70. The van der Waals surface area contributed by atoms with Crippen molar-refractivity contribution in [3.63, 3.8) is 0 Å². The largest absolute Gasteiger partial charge is 0.478 e. The van der Waals surface area contributed by atoms with Gasteiger partial charge < -0.3 is 14.4 Å². The van der Waals surface area contributed by atoms with E-state index in [1.54, 1.807) is 25.1 Å². The van der Waals surface area contributed by atoms with Crippen LogP contribution >= 0.6 is 0 Å². The van der Waals surface area contributed by atoms with Gasteiger partial charge in [0.2, 0.25) is 0 Å². The molecule has 1 heterocycles. The van der Waals surface area contributed by atoms with Crippen LogP contribution < -0.4 is 0 Å². The first kappa shape index (κ1) is 15.0. The lowest BCUT2D eigenvalue weighted by Crippen LogP contribution is -2.09. The molecule has 0 atom stereocenters. The highest BCUT2D eigenvalue weighted by Gasteiger charge is 2.15. The van der Waals surface area contributed by atoms with E-state index >= 15 is 0 Å². The quantitative estimate of drug-likeness (QED) is 0.826. The standard InChI is InChI=1S/C15H18N2O4/c1-3-21-13(18)8-5-9-17-10(2)16-12-7-4-6-11(14(12)17)15(19)20/h4,6-7H,3,5,8-9H2,1-2H3,(H,19,20). The molecule has 0 fully saturated rings. The first-order valence-electron chi connectivity index (χ1n) is 6.89. The monoisotopic (exact) mass is 290 g/mol. The number of carboxylic acids is 1. The van der Waals surface area contributed by atoms with Crippen molar-refractivity contribution in [2.24, 2.45) is 0 Å². The SMILES string of the molecule is CCOC(=O)CCCn1c(C)nc2cccc(C(=O)O)c21. The van der Waals surface area contributed by atoms with Crippen LogP contribution in [0.2, 0.25) is 0 Å². The Bertz CT molecular complexity index is 676. The molecule has 0 radical (unpaired) electrons. The van der Waals surface area contributed by atoms with Gasteiger partial charge in [0, 0.05) is 13.0 Å². The average Bonchev–Trinajstić information content (AvgIpc) is 2.75. The Morgan fingerprint density at radius 2 is 2.14 bits per heavy atom. The van der Waals surface area contributed by atoms with Gasteiger partial charge in [-0.25, -0.2) is 9.78 Å². The van der Waals surface area contributed by atoms with Crippen molar-refractivity contribution in [1.29, 1.82) is 0 Å². The Hall–Kier alpha value is -2.37. The molecule has 2 rings (SSSR count). The first-order valence-corrected chi connectivity index (χ1v) is 6.89. The van der Waals surface area contributed by atoms with Crippen molar-refractivity contribution in [1.82, 2.24) is 9.55 Å². The number of rotatable bonds is 6. The number of aromatic carboxylic acids is 1. The molecule has 0 amide bonds. The van der Waals surface area contributed by atoms with Crippen LogP contribution in [-0.4, -0.2) is 33.2 Å². The number of ether oxygens (including phenoxy) is 1. The number of benzene rings is 1. The number of carboxylic acid groups (broad SMARTS) is 1. The highest BCUT2D eigenvalue weighted by Crippen LogP contribution is 2.21. The Balaban J connectivity index is 2.25. The van der Waals surface area contributed by atoms with Gasteiger partial charge in [-0.1, -0.05) is 6.07 Å². The Kier molecular flexibility index (Phi) is 4.57. The van der Waals surface area contributed by atoms with E-state index in [-0.39, 0.29) is 11.5 Å². The van der Waals surface area contributed by atoms with Gasteiger partial charge in [0.15, 0.2) is 0 Å². The van der Waals surface area contributed by atoms with Gasteiger partial charge in [-0.05, 0) is 32.4 Å². The van der Waals surface area contributed by atoms with E-state index in [4.69, 9.17) is 4.74 Å². The van der Waals surface area contributed by atoms with Gasteiger partial charge in [-0.15, -0.1) is 0 Å². The zero-order valence-corrected chi connectivity index (χ0v) is 12.1. The summed E-state index contributed by atoms with van der Waals surface area (Å²) in [6.07, 6.45) is 0.890. The maximum atomic E-state index is 11.4. The summed E-state index contributed by atoms with van der Waals surface area (Å²) < 4.78 is 6.73. The summed E-state index contributed by atoms with van der Waals surface area (Å²) in [5.41, 5.74) is 1.49. The molecule has 2 aromatic rings. The summed E-state index contributed by atoms with van der Waals surface area (Å²) in [6, 6.07) is 5.03. The van der Waals surface area contributed by atoms with Crippen molar-refractivity contribution in [3.8, 4) is 0 Å². The normalized spacial score (nSPS) is 10.8. The van der Waals surface area contributed by atoms with Crippen LogP contribution in [0.1, 0.15) is 35.9 Å². The zero-order chi connectivity index (χ0) is 15.4. The van der Waals surface area contributed by atoms with Gasteiger partial charge in [0.25, 0.3) is 0 Å². The summed E-state index contributed by atoms with van der Waals surface area (Å²) in [7, 11) is 0. The maximum absolute atomic E-state index is 11.4. The molecule has 0 unspecified atom stereocenters. The van der Waals surface area contributed by atoms with Gasteiger partial charge in [-0.3, -0.25) is 4.79 Å². The molecule has 0 aliphatic heterocycles. The zero-order valence-electron chi connectivity index (χ0n) is 12.1. The molecular weight excluding hydrogens is 272 g/mol. The van der Waals surface area contributed by atoms with Crippen LogP contribution in [0.25, 0.3) is 11.0 Å². The number of fused-ring (bicyclic) bond motifs is 1. The third-order valence-electron chi connectivity index (χ3n) is 3.26. The average molecular weight is 290 g/mol. The molecule has 6 nitrogen and oxygen atoms in total. The molecule has 112 valence electrons. The predicted octanol–water partition coefficient (Wildman–Crippen LogP) is 2.39. The van der Waals surface area contributed by atoms with Crippen LogP contribution in [0.3, 0.4) is 0 Å². The predicted molar refractivity (Wildman–Crippen MR) is 77.3 cm³/mol. The van der Waals surface area contributed by atoms with E-state index < -0.39 is 5.97 Å². The summed E-state index contributed by atoms with van der Waals surface area (Å²) in [5.74, 6) is -0.479. The number of carbonyl (C=O) groups is 2. The summed E-state index contributed by atoms with van der Waals surface area (Å²) in [5, 5.41) is 9.28. The number of carbonyl (C=O) groups excluding carboxylic acids is 1. The second-order valence-corrected chi connectivity index (χ2v) is 4.70. The molecule has 1 aromatic heterocycles. The van der Waals surface area contributed by atoms with Crippen molar-refractivity contribution in [2.75, 3.05) is 6.61 Å². The topological polar surface area (TPSA) is 81.4 Å². The van der Waals surface area contributed by atoms with E-state index in [2.05, 4.69) is 4.98 Å². The van der Waals surface area contributed by atoms with Gasteiger partial charge >= 0.3 is 11.9 Å². The molecule has 0 spiro atoms. The van der Waals surface area contributed by atoms with Crippen LogP contribution in [-0.2, 0) is 16.1 Å². The molecule has 0 saturated carbocycles. The van der Waals surface area contributed by atoms with Gasteiger partial charge in [-0.2, -0.15) is 0 Å². The highest BCUT2D eigenvalue weighted by atomic mass is 16.5. The summed E-state index contributed by atoms with van der Waals surface area (Å²) in [4.78, 5) is 27.1. The molecule has 1 N–H and O–H groups in total. The van der Waals surface area contributed by atoms with Crippen molar-refractivity contribution < 1.29 is 19.4 Å². The molecule has 0 aliphatic rings. The van der Waals surface area contributed by atoms with E-state index in [0.717, 1.165) is 5.82 Å². The minimum Gasteiger partial charge on any atom is -0.478 e. The third kappa shape index (κ3) is 3.21. The Morgan fingerprint density at radius 3 is 2.81 bits per heavy atom. The van der Waals surface area contributed by atoms with Crippen molar-refractivity contribution >= 4 is 23.0 Å². The van der Waals surface area contributed by atoms with Crippen LogP contribution in [0.5, 0.6) is 0 Å². The maximum Gasteiger partial charge on any atom is 0.337 e. The molecule has 0 saturated heterocycles. The Morgan fingerprint density at radius 1 is 1.38 bits per heavy atom. The van der Waals surface area contributed by atoms with Crippen LogP contribution in [0.4, 0.5) is 0 Å². The number of imidazole rings is 1. The number of nitrogens with zero attached hydrogens (tertiary/aromatic N) is 2. The summed E-state index contributed by atoms with van der Waals surface area (Å²) in [6.45, 7) is 4.50. The number of aryl methyl sites for hydroxylation is 2. The van der Waals surface area contributed by atoms with Crippen LogP contribution in [0, 0.1) is 6.92 Å². The highest BCUT2D eigenvalue weighted by molar-refractivity contribution is 6.01. The summed E-state index contributed by atoms with van der Waals surface area (Å²) >= 11 is 0. The minimum atomic E-state index is -0.979. The fourth-order valence-corrected chi connectivity index (χ4v) is 2.36. The van der Waals surface area contributed by atoms with E-state index in [1.165, 1.54) is 0 Å². The van der Waals surface area contributed by atoms with Crippen molar-refractivity contribution in [2.45, 2.75) is 33.2 Å². The van der Waals surface area contributed by atoms with Crippen molar-refractivity contribution in [3.05, 3.63) is 29.6 Å². The number of hydrogen-bond donors (Lipinski definition) is 1. The van der Waals surface area contributed by atoms with E-state index in [9.17, 15) is 14.7 Å². The Labute approximate surface area is 122 Å². The third-order valence-corrected chi connectivity index (χ3v) is 3.26. The molecule has 6 heteroatoms. The lowest BCUT2D eigenvalue weighted by molar-refractivity contribution is -0.143. The van der Waals surface area contributed by atoms with E-state index in [1.807, 2.05) is 11.5 Å². The minimum absolute atomic E-state index is 0.226. The number of aromatic nitrogens is 2. The molecular formula is C15H18N2O4. The molecule has 1 aromatic carbocycles. The lowest BCUT2D eigenvalue weighted by atomic mass is 10.2. The van der Waals surface area contributed by atoms with Crippen LogP contribution in [0.15, 0.2) is 18.2 Å². The fraction of sp³-hybridized carbons (Fsp3) is 0.400.